The molecular formula is C18H21NO2S. The highest BCUT2D eigenvalue weighted by atomic mass is 32.1. The molecule has 2 aromatic rings. The summed E-state index contributed by atoms with van der Waals surface area (Å²) in [6.45, 7) is 0.663. The van der Waals surface area contributed by atoms with Crippen LogP contribution in [-0.4, -0.2) is 12.5 Å². The van der Waals surface area contributed by atoms with Crippen LogP contribution in [-0.2, 0) is 0 Å². The highest BCUT2D eigenvalue weighted by Crippen LogP contribution is 2.14. The summed E-state index contributed by atoms with van der Waals surface area (Å²) in [5, 5.41) is 4.23. The number of allylic oxidation sites excluding steroid dienone is 1. The van der Waals surface area contributed by atoms with E-state index >= 15 is 0 Å². The molecule has 2 N–H and O–H groups in total. The number of hydrogen-bond donors (Lipinski definition) is 1. The quantitative estimate of drug-likeness (QED) is 0.693. The third-order valence-electron chi connectivity index (χ3n) is 3.26. The second-order valence-electron chi connectivity index (χ2n) is 5.05. The van der Waals surface area contributed by atoms with Crippen LogP contribution >= 0.6 is 11.3 Å². The first-order chi connectivity index (χ1) is 10.8. The van der Waals surface area contributed by atoms with Crippen molar-refractivity contribution in [2.24, 2.45) is 5.73 Å². The molecule has 2 rings (SSSR count). The number of amides is 1. The Labute approximate surface area is 135 Å². The van der Waals surface area contributed by atoms with Gasteiger partial charge in [-0.05, 0) is 66.3 Å². The molecule has 0 radical (unpaired) electrons. The second-order valence-corrected chi connectivity index (χ2v) is 5.83. The van der Waals surface area contributed by atoms with Gasteiger partial charge in [0.25, 0.3) is 0 Å². The van der Waals surface area contributed by atoms with Gasteiger partial charge in [0.2, 0.25) is 5.91 Å². The minimum absolute atomic E-state index is 0.428. The van der Waals surface area contributed by atoms with Crippen LogP contribution in [0.3, 0.4) is 0 Å². The highest BCUT2D eigenvalue weighted by Gasteiger charge is 2.01. The Balaban J connectivity index is 1.57. The van der Waals surface area contributed by atoms with Crippen LogP contribution in [0, 0.1) is 0 Å². The molecule has 0 saturated heterocycles. The molecule has 0 aliphatic carbocycles. The Morgan fingerprint density at radius 2 is 2.14 bits per heavy atom. The molecule has 1 amide bonds. The Kier molecular flexibility index (Phi) is 6.71. The summed E-state index contributed by atoms with van der Waals surface area (Å²) < 4.78 is 5.64. The van der Waals surface area contributed by atoms with Gasteiger partial charge in [-0.1, -0.05) is 18.2 Å². The number of ether oxygens (including phenoxy) is 1. The standard InChI is InChI=1S/C18H21NO2S/c19-18(20)16-8-6-9-17(13-16)21-11-5-3-1-2-4-7-15-10-12-22-14-15/h4,6-10,12-14H,1-3,5,11H2,(H2,19,20). The highest BCUT2D eigenvalue weighted by molar-refractivity contribution is 7.08. The van der Waals surface area contributed by atoms with E-state index < -0.39 is 5.91 Å². The average molecular weight is 315 g/mol. The van der Waals surface area contributed by atoms with Gasteiger partial charge in [0.15, 0.2) is 0 Å². The summed E-state index contributed by atoms with van der Waals surface area (Å²) in [5.74, 6) is 0.275. The third kappa shape index (κ3) is 5.74. The first-order valence-corrected chi connectivity index (χ1v) is 8.41. The molecule has 4 heteroatoms. The smallest absolute Gasteiger partial charge is 0.248 e. The molecule has 0 aliphatic rings. The lowest BCUT2D eigenvalue weighted by molar-refractivity contribution is 0.1000. The van der Waals surface area contributed by atoms with Crippen molar-refractivity contribution in [3.8, 4) is 5.75 Å². The van der Waals surface area contributed by atoms with Crippen molar-refractivity contribution >= 4 is 23.3 Å². The fraction of sp³-hybridized carbons (Fsp3) is 0.278. The van der Waals surface area contributed by atoms with Gasteiger partial charge in [-0.2, -0.15) is 11.3 Å². The zero-order valence-electron chi connectivity index (χ0n) is 12.5. The molecule has 0 saturated carbocycles. The number of rotatable bonds is 9. The predicted octanol–water partition coefficient (Wildman–Crippen LogP) is 4.50. The van der Waals surface area contributed by atoms with E-state index in [9.17, 15) is 4.79 Å². The number of carbonyl (C=O) groups is 1. The van der Waals surface area contributed by atoms with E-state index in [1.807, 2.05) is 6.07 Å². The molecule has 1 aromatic heterocycles. The number of carbonyl (C=O) groups excluding carboxylic acids is 1. The topological polar surface area (TPSA) is 52.3 Å². The Bertz CT molecular complexity index is 605. The van der Waals surface area contributed by atoms with E-state index in [1.54, 1.807) is 29.5 Å². The molecule has 0 spiro atoms. The van der Waals surface area contributed by atoms with Crippen LogP contribution in [0.4, 0.5) is 0 Å². The average Bonchev–Trinajstić information content (AvgIpc) is 3.03. The number of benzene rings is 1. The van der Waals surface area contributed by atoms with Crippen molar-refractivity contribution in [3.05, 3.63) is 58.3 Å². The van der Waals surface area contributed by atoms with Gasteiger partial charge < -0.3 is 10.5 Å². The van der Waals surface area contributed by atoms with Crippen molar-refractivity contribution in [2.75, 3.05) is 6.61 Å². The lowest BCUT2D eigenvalue weighted by Gasteiger charge is -2.06. The maximum Gasteiger partial charge on any atom is 0.248 e. The number of nitrogens with two attached hydrogens (primary N) is 1. The SMILES string of the molecule is NC(=O)c1cccc(OCCCCCC=Cc2ccsc2)c1. The molecule has 0 fully saturated rings. The van der Waals surface area contributed by atoms with Crippen molar-refractivity contribution in [1.82, 2.24) is 0 Å². The van der Waals surface area contributed by atoms with E-state index in [2.05, 4.69) is 29.0 Å². The zero-order chi connectivity index (χ0) is 15.6. The molecule has 1 aromatic carbocycles. The fourth-order valence-electron chi connectivity index (χ4n) is 2.06. The summed E-state index contributed by atoms with van der Waals surface area (Å²) in [4.78, 5) is 11.1. The van der Waals surface area contributed by atoms with Gasteiger partial charge in [-0.3, -0.25) is 4.79 Å². The lowest BCUT2D eigenvalue weighted by Crippen LogP contribution is -2.10. The number of hydrogen-bond acceptors (Lipinski definition) is 3. The maximum absolute atomic E-state index is 11.1. The maximum atomic E-state index is 11.1. The Morgan fingerprint density at radius 3 is 2.91 bits per heavy atom. The van der Waals surface area contributed by atoms with Crippen LogP contribution in [0.5, 0.6) is 5.75 Å². The van der Waals surface area contributed by atoms with Crippen molar-refractivity contribution in [2.45, 2.75) is 25.7 Å². The summed E-state index contributed by atoms with van der Waals surface area (Å²) in [6.07, 6.45) is 8.77. The summed E-state index contributed by atoms with van der Waals surface area (Å²) in [5.41, 5.74) is 7.00. The van der Waals surface area contributed by atoms with Crippen LogP contribution in [0.2, 0.25) is 0 Å². The monoisotopic (exact) mass is 315 g/mol. The molecule has 22 heavy (non-hydrogen) atoms. The van der Waals surface area contributed by atoms with Gasteiger partial charge in [-0.25, -0.2) is 0 Å². The minimum Gasteiger partial charge on any atom is -0.494 e. The summed E-state index contributed by atoms with van der Waals surface area (Å²) in [7, 11) is 0. The van der Waals surface area contributed by atoms with Gasteiger partial charge in [0.1, 0.15) is 5.75 Å². The number of primary amides is 1. The van der Waals surface area contributed by atoms with E-state index in [0.29, 0.717) is 17.9 Å². The Morgan fingerprint density at radius 1 is 1.23 bits per heavy atom. The van der Waals surface area contributed by atoms with E-state index in [1.165, 1.54) is 5.56 Å². The normalized spacial score (nSPS) is 10.9. The number of thiophene rings is 1. The molecule has 0 bridgehead atoms. The van der Waals surface area contributed by atoms with Crippen molar-refractivity contribution < 1.29 is 9.53 Å². The third-order valence-corrected chi connectivity index (χ3v) is 3.96. The molecule has 3 nitrogen and oxygen atoms in total. The van der Waals surface area contributed by atoms with E-state index in [4.69, 9.17) is 10.5 Å². The van der Waals surface area contributed by atoms with Crippen molar-refractivity contribution in [1.29, 1.82) is 0 Å². The summed E-state index contributed by atoms with van der Waals surface area (Å²) >= 11 is 1.72. The minimum atomic E-state index is -0.428. The van der Waals surface area contributed by atoms with Crippen LogP contribution in [0.15, 0.2) is 47.2 Å². The first-order valence-electron chi connectivity index (χ1n) is 7.47. The molecule has 0 aliphatic heterocycles. The second kappa shape index (κ2) is 9.05. The summed E-state index contributed by atoms with van der Waals surface area (Å²) in [6, 6.07) is 9.12. The Hall–Kier alpha value is -2.07. The van der Waals surface area contributed by atoms with Crippen LogP contribution < -0.4 is 10.5 Å². The van der Waals surface area contributed by atoms with Gasteiger partial charge in [0.05, 0.1) is 6.61 Å². The molecule has 1 heterocycles. The van der Waals surface area contributed by atoms with Crippen LogP contribution in [0.1, 0.15) is 41.6 Å². The van der Waals surface area contributed by atoms with Crippen molar-refractivity contribution in [3.63, 3.8) is 0 Å². The zero-order valence-corrected chi connectivity index (χ0v) is 13.4. The molecule has 116 valence electrons. The first kappa shape index (κ1) is 16.3. The fourth-order valence-corrected chi connectivity index (χ4v) is 2.69. The lowest BCUT2D eigenvalue weighted by atomic mass is 10.2. The molecule has 0 atom stereocenters. The van der Waals surface area contributed by atoms with Gasteiger partial charge in [-0.15, -0.1) is 0 Å². The van der Waals surface area contributed by atoms with Gasteiger partial charge in [0, 0.05) is 5.56 Å². The molecular weight excluding hydrogens is 294 g/mol. The van der Waals surface area contributed by atoms with E-state index in [0.717, 1.165) is 25.7 Å². The van der Waals surface area contributed by atoms with Gasteiger partial charge >= 0.3 is 0 Å². The predicted molar refractivity (Wildman–Crippen MR) is 92.3 cm³/mol. The van der Waals surface area contributed by atoms with E-state index in [-0.39, 0.29) is 0 Å². The molecule has 0 unspecified atom stereocenters. The number of unbranched alkanes of at least 4 members (excludes halogenated alkanes) is 3. The van der Waals surface area contributed by atoms with Crippen LogP contribution in [0.25, 0.3) is 6.08 Å². The largest absolute Gasteiger partial charge is 0.494 e.